The van der Waals surface area contributed by atoms with Crippen LogP contribution >= 0.6 is 11.6 Å². The molecule has 6 nitrogen and oxygen atoms in total. The monoisotopic (exact) mass is 347 g/mol. The molecule has 1 unspecified atom stereocenters. The second-order valence-electron chi connectivity index (χ2n) is 6.07. The lowest BCUT2D eigenvalue weighted by atomic mass is 10.2. The summed E-state index contributed by atoms with van der Waals surface area (Å²) in [6.07, 6.45) is 1.66. The highest BCUT2D eigenvalue weighted by atomic mass is 35.5. The minimum absolute atomic E-state index is 0.119. The second-order valence-corrected chi connectivity index (χ2v) is 6.48. The zero-order valence-electron chi connectivity index (χ0n) is 14.0. The second kappa shape index (κ2) is 7.32. The number of carbonyl (C=O) groups excluding carboxylic acids is 1. The molecule has 0 saturated carbocycles. The number of halogens is 1. The first-order chi connectivity index (χ1) is 11.6. The first-order valence-electron chi connectivity index (χ1n) is 8.33. The molecule has 1 aromatic heterocycles. The molecule has 0 spiro atoms. The van der Waals surface area contributed by atoms with Crippen LogP contribution in [-0.4, -0.2) is 51.2 Å². The minimum Gasteiger partial charge on any atom is -0.333 e. The van der Waals surface area contributed by atoms with E-state index >= 15 is 0 Å². The maximum atomic E-state index is 12.8. The number of aryl methyl sites for hydroxylation is 1. The Kier molecular flexibility index (Phi) is 5.16. The molecule has 1 atom stereocenters. The van der Waals surface area contributed by atoms with Gasteiger partial charge in [-0.3, -0.25) is 4.79 Å². The Morgan fingerprint density at radius 3 is 2.92 bits per heavy atom. The Hall–Kier alpha value is -1.92. The predicted molar refractivity (Wildman–Crippen MR) is 93.7 cm³/mol. The van der Waals surface area contributed by atoms with Gasteiger partial charge in [0.25, 0.3) is 5.91 Å². The van der Waals surface area contributed by atoms with Crippen molar-refractivity contribution in [3.05, 3.63) is 40.9 Å². The quantitative estimate of drug-likeness (QED) is 0.921. The van der Waals surface area contributed by atoms with Gasteiger partial charge in [0.15, 0.2) is 0 Å². The lowest BCUT2D eigenvalue weighted by molar-refractivity contribution is 0.0696. The van der Waals surface area contributed by atoms with Crippen LogP contribution in [0.3, 0.4) is 0 Å². The molecule has 1 amide bonds. The van der Waals surface area contributed by atoms with E-state index in [0.29, 0.717) is 18.1 Å². The van der Waals surface area contributed by atoms with Gasteiger partial charge in [-0.15, -0.1) is 5.10 Å². The summed E-state index contributed by atoms with van der Waals surface area (Å²) in [5.74, 6) is 0.885. The summed E-state index contributed by atoms with van der Waals surface area (Å²) >= 11 is 6.30. The number of amides is 1. The molecule has 1 N–H and O–H groups in total. The zero-order valence-corrected chi connectivity index (χ0v) is 14.8. The standard InChI is InChI=1S/C17H22ClN5O/c1-3-6-15-20-16(17(24)22-10-9-19-12(2)11-22)21-23(15)14-8-5-4-7-13(14)18/h4-5,7-8,12,19H,3,6,9-11H2,1-2H3. The summed E-state index contributed by atoms with van der Waals surface area (Å²) in [7, 11) is 0. The van der Waals surface area contributed by atoms with Gasteiger partial charge in [-0.25, -0.2) is 9.67 Å². The Morgan fingerprint density at radius 2 is 2.21 bits per heavy atom. The fourth-order valence-corrected chi connectivity index (χ4v) is 3.11. The smallest absolute Gasteiger partial charge is 0.293 e. The molecule has 7 heteroatoms. The van der Waals surface area contributed by atoms with Gasteiger partial charge in [-0.05, 0) is 25.5 Å². The molecule has 0 bridgehead atoms. The van der Waals surface area contributed by atoms with Gasteiger partial charge in [-0.1, -0.05) is 30.7 Å². The van der Waals surface area contributed by atoms with Gasteiger partial charge in [0.2, 0.25) is 5.82 Å². The fourth-order valence-electron chi connectivity index (χ4n) is 2.90. The largest absolute Gasteiger partial charge is 0.333 e. The van der Waals surface area contributed by atoms with Gasteiger partial charge >= 0.3 is 0 Å². The van der Waals surface area contributed by atoms with Crippen molar-refractivity contribution in [2.75, 3.05) is 19.6 Å². The molecule has 1 aliphatic rings. The van der Waals surface area contributed by atoms with E-state index in [0.717, 1.165) is 30.9 Å². The van der Waals surface area contributed by atoms with Crippen LogP contribution in [0.5, 0.6) is 0 Å². The molecular weight excluding hydrogens is 326 g/mol. The number of benzene rings is 1. The van der Waals surface area contributed by atoms with Crippen molar-refractivity contribution in [3.63, 3.8) is 0 Å². The zero-order chi connectivity index (χ0) is 17.1. The first-order valence-corrected chi connectivity index (χ1v) is 8.71. The summed E-state index contributed by atoms with van der Waals surface area (Å²) in [6, 6.07) is 7.75. The van der Waals surface area contributed by atoms with E-state index in [1.165, 1.54) is 0 Å². The van der Waals surface area contributed by atoms with Gasteiger partial charge in [-0.2, -0.15) is 0 Å². The van der Waals surface area contributed by atoms with Crippen molar-refractivity contribution in [1.82, 2.24) is 25.0 Å². The lowest BCUT2D eigenvalue weighted by Crippen LogP contribution is -2.51. The first kappa shape index (κ1) is 16.9. The Labute approximate surface area is 146 Å². The molecular formula is C17H22ClN5O. The highest BCUT2D eigenvalue weighted by Crippen LogP contribution is 2.21. The normalized spacial score (nSPS) is 18.0. The van der Waals surface area contributed by atoms with Gasteiger partial charge in [0.05, 0.1) is 10.7 Å². The van der Waals surface area contributed by atoms with Crippen LogP contribution in [0.1, 0.15) is 36.7 Å². The van der Waals surface area contributed by atoms with Gasteiger partial charge in [0.1, 0.15) is 5.82 Å². The maximum absolute atomic E-state index is 12.8. The Balaban J connectivity index is 1.94. The van der Waals surface area contributed by atoms with Crippen molar-refractivity contribution >= 4 is 17.5 Å². The summed E-state index contributed by atoms with van der Waals surface area (Å²) < 4.78 is 1.70. The number of rotatable bonds is 4. The van der Waals surface area contributed by atoms with Gasteiger partial charge < -0.3 is 10.2 Å². The number of piperazine rings is 1. The van der Waals surface area contributed by atoms with E-state index in [-0.39, 0.29) is 17.8 Å². The maximum Gasteiger partial charge on any atom is 0.293 e. The predicted octanol–water partition coefficient (Wildman–Crippen LogP) is 2.31. The topological polar surface area (TPSA) is 63.1 Å². The average Bonchev–Trinajstić information content (AvgIpc) is 2.99. The molecule has 1 aromatic carbocycles. The van der Waals surface area contributed by atoms with E-state index in [1.807, 2.05) is 29.2 Å². The van der Waals surface area contributed by atoms with Crippen LogP contribution in [0.15, 0.2) is 24.3 Å². The van der Waals surface area contributed by atoms with Crippen molar-refractivity contribution in [2.24, 2.45) is 0 Å². The summed E-state index contributed by atoms with van der Waals surface area (Å²) in [5.41, 5.74) is 0.753. The van der Waals surface area contributed by atoms with Crippen LogP contribution < -0.4 is 5.32 Å². The third kappa shape index (κ3) is 3.44. The molecule has 1 saturated heterocycles. The minimum atomic E-state index is -0.119. The molecule has 2 aromatic rings. The fraction of sp³-hybridized carbons (Fsp3) is 0.471. The average molecular weight is 348 g/mol. The van der Waals surface area contributed by atoms with E-state index in [9.17, 15) is 4.79 Å². The molecule has 1 fully saturated rings. The van der Waals surface area contributed by atoms with Crippen molar-refractivity contribution in [2.45, 2.75) is 32.7 Å². The summed E-state index contributed by atoms with van der Waals surface area (Å²) in [6.45, 7) is 6.28. The lowest BCUT2D eigenvalue weighted by Gasteiger charge is -2.31. The molecule has 3 rings (SSSR count). The van der Waals surface area contributed by atoms with Crippen molar-refractivity contribution in [1.29, 1.82) is 0 Å². The van der Waals surface area contributed by atoms with Gasteiger partial charge in [0, 0.05) is 32.1 Å². The van der Waals surface area contributed by atoms with Crippen LogP contribution in [0, 0.1) is 0 Å². The summed E-state index contributed by atoms with van der Waals surface area (Å²) in [5, 5.41) is 8.39. The van der Waals surface area contributed by atoms with Crippen LogP contribution in [-0.2, 0) is 6.42 Å². The third-order valence-electron chi connectivity index (χ3n) is 4.08. The Morgan fingerprint density at radius 1 is 1.42 bits per heavy atom. The Bertz CT molecular complexity index is 730. The molecule has 128 valence electrons. The number of para-hydroxylation sites is 1. The highest BCUT2D eigenvalue weighted by molar-refractivity contribution is 6.32. The molecule has 0 aliphatic carbocycles. The molecule has 24 heavy (non-hydrogen) atoms. The van der Waals surface area contributed by atoms with Crippen molar-refractivity contribution < 1.29 is 4.79 Å². The van der Waals surface area contributed by atoms with E-state index in [1.54, 1.807) is 4.68 Å². The third-order valence-corrected chi connectivity index (χ3v) is 4.40. The SMILES string of the molecule is CCCc1nc(C(=O)N2CCNC(C)C2)nn1-c1ccccc1Cl. The van der Waals surface area contributed by atoms with Crippen molar-refractivity contribution in [3.8, 4) is 5.69 Å². The number of nitrogens with zero attached hydrogens (tertiary/aromatic N) is 4. The van der Waals surface area contributed by atoms with Crippen LogP contribution in [0.25, 0.3) is 5.69 Å². The molecule has 0 radical (unpaired) electrons. The van der Waals surface area contributed by atoms with Crippen LogP contribution in [0.4, 0.5) is 0 Å². The number of aromatic nitrogens is 3. The van der Waals surface area contributed by atoms with E-state index in [2.05, 4.69) is 29.2 Å². The molecule has 2 heterocycles. The number of hydrogen-bond acceptors (Lipinski definition) is 4. The van der Waals surface area contributed by atoms with E-state index < -0.39 is 0 Å². The number of nitrogens with one attached hydrogen (secondary N) is 1. The molecule has 1 aliphatic heterocycles. The number of hydrogen-bond donors (Lipinski definition) is 1. The number of carbonyl (C=O) groups is 1. The highest BCUT2D eigenvalue weighted by Gasteiger charge is 2.26. The van der Waals surface area contributed by atoms with Crippen LogP contribution in [0.2, 0.25) is 5.02 Å². The van der Waals surface area contributed by atoms with E-state index in [4.69, 9.17) is 11.6 Å². The summed E-state index contributed by atoms with van der Waals surface area (Å²) in [4.78, 5) is 19.1.